The van der Waals surface area contributed by atoms with Crippen molar-refractivity contribution in [2.45, 2.75) is 6.92 Å². The fraction of sp³-hybridized carbons (Fsp3) is 0.467. The predicted octanol–water partition coefficient (Wildman–Crippen LogP) is 3.30. The minimum atomic E-state index is -1.21. The first-order valence-corrected chi connectivity index (χ1v) is 10.6. The molecule has 0 aliphatic heterocycles. The first-order valence-electron chi connectivity index (χ1n) is 7.35. The van der Waals surface area contributed by atoms with Crippen LogP contribution in [0.1, 0.15) is 27.6 Å². The Hall–Kier alpha value is 0.0300. The number of ether oxygens (including phenoxy) is 4. The molecule has 0 aromatic heterocycles. The summed E-state index contributed by atoms with van der Waals surface area (Å²) in [6, 6.07) is 0. The van der Waals surface area contributed by atoms with Gasteiger partial charge in [-0.2, -0.15) is 0 Å². The summed E-state index contributed by atoms with van der Waals surface area (Å²) in [7, 11) is 0. The molecule has 26 heavy (non-hydrogen) atoms. The molecule has 0 fully saturated rings. The van der Waals surface area contributed by atoms with E-state index in [0.717, 1.165) is 0 Å². The van der Waals surface area contributed by atoms with Crippen LogP contribution in [0, 0.1) is 10.7 Å². The van der Waals surface area contributed by atoms with Gasteiger partial charge in [-0.25, -0.2) is 9.59 Å². The quantitative estimate of drug-likeness (QED) is 0.194. The number of hydrogen-bond donors (Lipinski definition) is 2. The maximum absolute atomic E-state index is 11.5. The van der Waals surface area contributed by atoms with Gasteiger partial charge in [0.05, 0.1) is 38.1 Å². The molecule has 1 rings (SSSR count). The van der Waals surface area contributed by atoms with Crippen molar-refractivity contribution in [3.05, 3.63) is 21.8 Å². The van der Waals surface area contributed by atoms with E-state index in [0.29, 0.717) is 27.0 Å². The first-order chi connectivity index (χ1) is 12.3. The van der Waals surface area contributed by atoms with Crippen LogP contribution in [0.25, 0.3) is 0 Å². The summed E-state index contributed by atoms with van der Waals surface area (Å²) in [5.41, 5.74) is -0.168. The maximum atomic E-state index is 11.5. The van der Waals surface area contributed by atoms with Gasteiger partial charge >= 0.3 is 11.9 Å². The van der Waals surface area contributed by atoms with Gasteiger partial charge in [-0.1, -0.05) is 0 Å². The SMILES string of the molecule is CCOCCOCOCCOc1c(I)c(C(=O)O)c(I)c(C(=O)O)c1I. The summed E-state index contributed by atoms with van der Waals surface area (Å²) in [4.78, 5) is 23.0. The van der Waals surface area contributed by atoms with E-state index < -0.39 is 11.9 Å². The minimum Gasteiger partial charge on any atom is -0.489 e. The Morgan fingerprint density at radius 2 is 1.27 bits per heavy atom. The Bertz CT molecular complexity index is 609. The summed E-state index contributed by atoms with van der Waals surface area (Å²) in [5.74, 6) is -2.19. The van der Waals surface area contributed by atoms with Gasteiger partial charge in [0.15, 0.2) is 0 Å². The monoisotopic (exact) mass is 706 g/mol. The fourth-order valence-electron chi connectivity index (χ4n) is 1.78. The number of carbonyl (C=O) groups is 2. The zero-order valence-corrected chi connectivity index (χ0v) is 20.2. The van der Waals surface area contributed by atoms with E-state index in [2.05, 4.69) is 0 Å². The second-order valence-corrected chi connectivity index (χ2v) is 7.85. The topological polar surface area (TPSA) is 112 Å². The summed E-state index contributed by atoms with van der Waals surface area (Å²) in [5, 5.41) is 18.8. The Balaban J connectivity index is 2.72. The molecule has 146 valence electrons. The average Bonchev–Trinajstić information content (AvgIpc) is 2.55. The van der Waals surface area contributed by atoms with Gasteiger partial charge < -0.3 is 29.2 Å². The molecule has 0 radical (unpaired) electrons. The standard InChI is InChI=1S/C15H17I3O8/c1-2-23-3-4-24-7-25-5-6-26-13-11(17)8(14(19)20)10(16)9(12(13)18)15(21)22/h2-7H2,1H3,(H,19,20)(H,21,22). The highest BCUT2D eigenvalue weighted by molar-refractivity contribution is 14.1. The van der Waals surface area contributed by atoms with Crippen molar-refractivity contribution < 1.29 is 38.7 Å². The van der Waals surface area contributed by atoms with E-state index in [1.165, 1.54) is 0 Å². The lowest BCUT2D eigenvalue weighted by Gasteiger charge is -2.16. The summed E-state index contributed by atoms with van der Waals surface area (Å²) in [6.45, 7) is 3.85. The second-order valence-electron chi connectivity index (χ2n) is 4.61. The number of carboxylic acids is 2. The normalized spacial score (nSPS) is 10.8. The van der Waals surface area contributed by atoms with Crippen molar-refractivity contribution in [3.63, 3.8) is 0 Å². The summed E-state index contributed by atoms with van der Waals surface area (Å²) < 4.78 is 22.0. The smallest absolute Gasteiger partial charge is 0.338 e. The number of carboxylic acid groups (broad SMARTS) is 2. The molecule has 0 atom stereocenters. The molecule has 11 heteroatoms. The molecule has 0 aliphatic carbocycles. The molecule has 0 amide bonds. The van der Waals surface area contributed by atoms with E-state index in [4.69, 9.17) is 18.9 Å². The first kappa shape index (κ1) is 24.1. The van der Waals surface area contributed by atoms with Gasteiger partial charge in [0, 0.05) is 10.2 Å². The van der Waals surface area contributed by atoms with Crippen molar-refractivity contribution in [1.29, 1.82) is 0 Å². The van der Waals surface area contributed by atoms with Crippen molar-refractivity contribution in [2.75, 3.05) is 39.8 Å². The molecule has 1 aromatic carbocycles. The van der Waals surface area contributed by atoms with Gasteiger partial charge in [0.1, 0.15) is 19.1 Å². The third-order valence-electron chi connectivity index (χ3n) is 2.92. The highest BCUT2D eigenvalue weighted by Gasteiger charge is 2.28. The Kier molecular flexibility index (Phi) is 11.6. The molecule has 0 saturated carbocycles. The van der Waals surface area contributed by atoms with Crippen LogP contribution in [0.3, 0.4) is 0 Å². The van der Waals surface area contributed by atoms with Crippen molar-refractivity contribution >= 4 is 79.7 Å². The van der Waals surface area contributed by atoms with Crippen molar-refractivity contribution in [2.24, 2.45) is 0 Å². The Morgan fingerprint density at radius 3 is 1.73 bits per heavy atom. The van der Waals surface area contributed by atoms with Crippen LogP contribution in [0.4, 0.5) is 0 Å². The molecule has 0 unspecified atom stereocenters. The largest absolute Gasteiger partial charge is 0.489 e. The number of aromatic carboxylic acids is 2. The van der Waals surface area contributed by atoms with Gasteiger partial charge in [-0.05, 0) is 74.7 Å². The Labute approximate surface area is 191 Å². The molecule has 0 saturated heterocycles. The van der Waals surface area contributed by atoms with Crippen LogP contribution < -0.4 is 4.74 Å². The minimum absolute atomic E-state index is 0.0814. The van der Waals surface area contributed by atoms with Gasteiger partial charge in [-0.15, -0.1) is 0 Å². The lowest BCUT2D eigenvalue weighted by Crippen LogP contribution is -2.17. The molecule has 0 aliphatic rings. The molecule has 0 heterocycles. The lowest BCUT2D eigenvalue weighted by molar-refractivity contribution is -0.0737. The zero-order valence-electron chi connectivity index (χ0n) is 13.7. The highest BCUT2D eigenvalue weighted by Crippen LogP contribution is 2.37. The van der Waals surface area contributed by atoms with Crippen LogP contribution in [0.5, 0.6) is 5.75 Å². The zero-order chi connectivity index (χ0) is 19.7. The van der Waals surface area contributed by atoms with Crippen LogP contribution in [0.2, 0.25) is 0 Å². The van der Waals surface area contributed by atoms with Crippen LogP contribution in [-0.4, -0.2) is 62.0 Å². The van der Waals surface area contributed by atoms with E-state index in [-0.39, 0.29) is 40.5 Å². The summed E-state index contributed by atoms with van der Waals surface area (Å²) in [6.07, 6.45) is 0. The third-order valence-corrected chi connectivity index (χ3v) is 6.06. The summed E-state index contributed by atoms with van der Waals surface area (Å²) >= 11 is 5.42. The van der Waals surface area contributed by atoms with E-state index in [9.17, 15) is 19.8 Å². The fourth-order valence-corrected chi connectivity index (χ4v) is 6.19. The molecule has 8 nitrogen and oxygen atoms in total. The molecule has 1 aromatic rings. The predicted molar refractivity (Wildman–Crippen MR) is 117 cm³/mol. The van der Waals surface area contributed by atoms with Gasteiger partial charge in [0.2, 0.25) is 0 Å². The van der Waals surface area contributed by atoms with Gasteiger partial charge in [0.25, 0.3) is 0 Å². The number of halogens is 3. The Morgan fingerprint density at radius 1 is 0.808 bits per heavy atom. The van der Waals surface area contributed by atoms with E-state index in [1.54, 1.807) is 22.6 Å². The molecular formula is C15H17I3O8. The van der Waals surface area contributed by atoms with E-state index >= 15 is 0 Å². The molecule has 2 N–H and O–H groups in total. The maximum Gasteiger partial charge on any atom is 0.338 e. The van der Waals surface area contributed by atoms with Crippen molar-refractivity contribution in [1.82, 2.24) is 0 Å². The van der Waals surface area contributed by atoms with Gasteiger partial charge in [-0.3, -0.25) is 0 Å². The number of rotatable bonds is 12. The molecule has 0 spiro atoms. The van der Waals surface area contributed by atoms with Crippen molar-refractivity contribution in [3.8, 4) is 5.75 Å². The third kappa shape index (κ3) is 6.88. The number of hydrogen-bond acceptors (Lipinski definition) is 6. The average molecular weight is 706 g/mol. The van der Waals surface area contributed by atoms with Crippen LogP contribution in [0.15, 0.2) is 0 Å². The van der Waals surface area contributed by atoms with Crippen LogP contribution in [-0.2, 0) is 14.2 Å². The second kappa shape index (κ2) is 12.5. The molecular weight excluding hydrogens is 689 g/mol. The highest BCUT2D eigenvalue weighted by atomic mass is 127. The lowest BCUT2D eigenvalue weighted by atomic mass is 10.1. The van der Waals surface area contributed by atoms with E-state index in [1.807, 2.05) is 52.1 Å². The molecule has 0 bridgehead atoms. The number of benzene rings is 1. The van der Waals surface area contributed by atoms with Crippen LogP contribution >= 0.6 is 67.8 Å².